The second kappa shape index (κ2) is 4.89. The van der Waals surface area contributed by atoms with E-state index in [0.717, 1.165) is 11.0 Å². The van der Waals surface area contributed by atoms with Gasteiger partial charge in [0.05, 0.1) is 5.69 Å². The number of imide groups is 1. The van der Waals surface area contributed by atoms with Crippen molar-refractivity contribution in [2.24, 2.45) is 0 Å². The van der Waals surface area contributed by atoms with Gasteiger partial charge in [0.25, 0.3) is 11.8 Å². The van der Waals surface area contributed by atoms with Crippen molar-refractivity contribution in [3.63, 3.8) is 0 Å². The quantitative estimate of drug-likeness (QED) is 0.659. The van der Waals surface area contributed by atoms with Crippen molar-refractivity contribution < 1.29 is 19.5 Å². The predicted molar refractivity (Wildman–Crippen MR) is 69.4 cm³/mol. The molecule has 0 bridgehead atoms. The molecule has 0 atom stereocenters. The Balaban J connectivity index is 2.22. The third-order valence-corrected chi connectivity index (χ3v) is 2.67. The van der Waals surface area contributed by atoms with Gasteiger partial charge in [-0.1, -0.05) is 12.1 Å². The number of hydrogen-bond acceptors (Lipinski definition) is 3. The van der Waals surface area contributed by atoms with Crippen molar-refractivity contribution >= 4 is 29.5 Å². The molecule has 0 aromatic heterocycles. The first kappa shape index (κ1) is 12.8. The summed E-state index contributed by atoms with van der Waals surface area (Å²) in [5, 5.41) is 8.51. The fraction of sp³-hybridized carbons (Fsp3) is 0.0714. The molecule has 0 aliphatic carbocycles. The van der Waals surface area contributed by atoms with Gasteiger partial charge >= 0.3 is 5.97 Å². The first-order valence-electron chi connectivity index (χ1n) is 5.57. The Morgan fingerprint density at radius 1 is 1.21 bits per heavy atom. The smallest absolute Gasteiger partial charge is 0.328 e. The maximum absolute atomic E-state index is 11.8. The number of benzene rings is 1. The van der Waals surface area contributed by atoms with Crippen molar-refractivity contribution in [1.82, 2.24) is 0 Å². The molecule has 0 radical (unpaired) electrons. The number of carboxylic acids is 1. The Morgan fingerprint density at radius 2 is 1.84 bits per heavy atom. The summed E-state index contributed by atoms with van der Waals surface area (Å²) in [5.41, 5.74) is 1.55. The molecule has 19 heavy (non-hydrogen) atoms. The minimum Gasteiger partial charge on any atom is -0.478 e. The molecule has 0 unspecified atom stereocenters. The van der Waals surface area contributed by atoms with Gasteiger partial charge in [-0.3, -0.25) is 9.59 Å². The fourth-order valence-electron chi connectivity index (χ4n) is 1.73. The van der Waals surface area contributed by atoms with Gasteiger partial charge in [-0.05, 0) is 30.7 Å². The van der Waals surface area contributed by atoms with Crippen LogP contribution in [0.1, 0.15) is 12.5 Å². The Labute approximate surface area is 109 Å². The van der Waals surface area contributed by atoms with E-state index in [1.165, 1.54) is 12.2 Å². The Hall–Kier alpha value is -2.69. The molecular formula is C14H11NO4. The van der Waals surface area contributed by atoms with Crippen LogP contribution in [0, 0.1) is 0 Å². The molecule has 2 amide bonds. The van der Waals surface area contributed by atoms with Crippen LogP contribution in [-0.2, 0) is 14.4 Å². The maximum Gasteiger partial charge on any atom is 0.328 e. The second-order valence-corrected chi connectivity index (χ2v) is 4.07. The number of anilines is 1. The molecule has 1 N–H and O–H groups in total. The zero-order valence-corrected chi connectivity index (χ0v) is 10.2. The molecule has 0 saturated heterocycles. The molecule has 5 nitrogen and oxygen atoms in total. The number of aliphatic carboxylic acids is 1. The highest BCUT2D eigenvalue weighted by atomic mass is 16.4. The average Bonchev–Trinajstić information content (AvgIpc) is 2.62. The zero-order valence-electron chi connectivity index (χ0n) is 10.2. The lowest BCUT2D eigenvalue weighted by molar-refractivity contribution is -0.131. The summed E-state index contributed by atoms with van der Waals surface area (Å²) < 4.78 is 0. The topological polar surface area (TPSA) is 74.7 Å². The van der Waals surface area contributed by atoms with Crippen molar-refractivity contribution in [2.45, 2.75) is 6.92 Å². The van der Waals surface area contributed by atoms with Crippen LogP contribution in [0.15, 0.2) is 42.0 Å². The van der Waals surface area contributed by atoms with Gasteiger partial charge in [-0.2, -0.15) is 0 Å². The normalized spacial score (nSPS) is 15.2. The summed E-state index contributed by atoms with van der Waals surface area (Å²) in [5.74, 6) is -1.73. The van der Waals surface area contributed by atoms with Crippen molar-refractivity contribution in [1.29, 1.82) is 0 Å². The number of carbonyl (C=O) groups is 3. The first-order chi connectivity index (χ1) is 8.99. The van der Waals surface area contributed by atoms with E-state index in [2.05, 4.69) is 0 Å². The summed E-state index contributed by atoms with van der Waals surface area (Å²) in [7, 11) is 0. The fourth-order valence-corrected chi connectivity index (χ4v) is 1.73. The van der Waals surface area contributed by atoms with E-state index in [9.17, 15) is 14.4 Å². The van der Waals surface area contributed by atoms with Gasteiger partial charge in [-0.25, -0.2) is 9.69 Å². The summed E-state index contributed by atoms with van der Waals surface area (Å²) in [6.07, 6.45) is 3.75. The molecule has 5 heteroatoms. The van der Waals surface area contributed by atoms with Gasteiger partial charge in [0.2, 0.25) is 0 Å². The summed E-state index contributed by atoms with van der Waals surface area (Å²) in [4.78, 5) is 34.9. The van der Waals surface area contributed by atoms with Crippen LogP contribution in [0.2, 0.25) is 0 Å². The van der Waals surface area contributed by atoms with E-state index in [-0.39, 0.29) is 11.8 Å². The third-order valence-electron chi connectivity index (χ3n) is 2.67. The van der Waals surface area contributed by atoms with E-state index in [0.29, 0.717) is 16.8 Å². The van der Waals surface area contributed by atoms with Crippen molar-refractivity contribution in [3.8, 4) is 0 Å². The number of carboxylic acid groups (broad SMARTS) is 1. The number of nitrogens with zero attached hydrogens (tertiary/aromatic N) is 1. The van der Waals surface area contributed by atoms with Crippen molar-refractivity contribution in [3.05, 3.63) is 47.6 Å². The van der Waals surface area contributed by atoms with E-state index in [4.69, 9.17) is 5.11 Å². The SMILES string of the molecule is CC1=CC(=O)N(c2ccc(/C=C/C(=O)O)cc2)C1=O. The Morgan fingerprint density at radius 3 is 2.32 bits per heavy atom. The summed E-state index contributed by atoms with van der Waals surface area (Å²) >= 11 is 0. The highest BCUT2D eigenvalue weighted by Crippen LogP contribution is 2.22. The lowest BCUT2D eigenvalue weighted by atomic mass is 10.2. The average molecular weight is 257 g/mol. The highest BCUT2D eigenvalue weighted by molar-refractivity contribution is 6.30. The molecule has 1 aromatic carbocycles. The van der Waals surface area contributed by atoms with Gasteiger partial charge < -0.3 is 5.11 Å². The van der Waals surface area contributed by atoms with Crippen LogP contribution in [0.5, 0.6) is 0 Å². The van der Waals surface area contributed by atoms with Gasteiger partial charge in [-0.15, -0.1) is 0 Å². The number of carbonyl (C=O) groups excluding carboxylic acids is 2. The Bertz CT molecular complexity index is 611. The minimum atomic E-state index is -1.03. The van der Waals surface area contributed by atoms with Crippen LogP contribution in [0.25, 0.3) is 6.08 Å². The second-order valence-electron chi connectivity index (χ2n) is 4.07. The lowest BCUT2D eigenvalue weighted by Gasteiger charge is -2.14. The van der Waals surface area contributed by atoms with Gasteiger partial charge in [0.1, 0.15) is 0 Å². The maximum atomic E-state index is 11.8. The van der Waals surface area contributed by atoms with Crippen LogP contribution >= 0.6 is 0 Å². The zero-order chi connectivity index (χ0) is 14.0. The molecular weight excluding hydrogens is 246 g/mol. The molecule has 2 rings (SSSR count). The number of hydrogen-bond donors (Lipinski definition) is 1. The summed E-state index contributed by atoms with van der Waals surface area (Å²) in [6, 6.07) is 6.49. The van der Waals surface area contributed by atoms with Crippen molar-refractivity contribution in [2.75, 3.05) is 4.90 Å². The predicted octanol–water partition coefficient (Wildman–Crippen LogP) is 1.60. The molecule has 1 aromatic rings. The van der Waals surface area contributed by atoms with Crippen LogP contribution in [-0.4, -0.2) is 22.9 Å². The largest absolute Gasteiger partial charge is 0.478 e. The Kier molecular flexibility index (Phi) is 3.29. The number of rotatable bonds is 3. The molecule has 96 valence electrons. The monoisotopic (exact) mass is 257 g/mol. The van der Waals surface area contributed by atoms with E-state index in [1.807, 2.05) is 0 Å². The number of amides is 2. The molecule has 1 aliphatic rings. The lowest BCUT2D eigenvalue weighted by Crippen LogP contribution is -2.30. The summed E-state index contributed by atoms with van der Waals surface area (Å²) in [6.45, 7) is 1.59. The minimum absolute atomic E-state index is 0.334. The highest BCUT2D eigenvalue weighted by Gasteiger charge is 2.29. The van der Waals surface area contributed by atoms with E-state index >= 15 is 0 Å². The molecule has 0 saturated carbocycles. The molecule has 0 fully saturated rings. The third kappa shape index (κ3) is 2.60. The standard InChI is InChI=1S/C14H11NO4/c1-9-8-12(16)15(14(9)19)11-5-2-10(3-6-11)4-7-13(17)18/h2-8H,1H3,(H,17,18)/b7-4+. The van der Waals surface area contributed by atoms with Crippen LogP contribution in [0.3, 0.4) is 0 Å². The van der Waals surface area contributed by atoms with Crippen LogP contribution in [0.4, 0.5) is 5.69 Å². The van der Waals surface area contributed by atoms with E-state index < -0.39 is 5.97 Å². The van der Waals surface area contributed by atoms with Gasteiger partial charge in [0, 0.05) is 17.7 Å². The molecule has 0 spiro atoms. The molecule has 1 aliphatic heterocycles. The molecule has 1 heterocycles. The first-order valence-corrected chi connectivity index (χ1v) is 5.57. The van der Waals surface area contributed by atoms with Crippen LogP contribution < -0.4 is 4.90 Å². The van der Waals surface area contributed by atoms with Gasteiger partial charge in [0.15, 0.2) is 0 Å². The van der Waals surface area contributed by atoms with E-state index in [1.54, 1.807) is 31.2 Å².